The second kappa shape index (κ2) is 11.6. The third kappa shape index (κ3) is 7.58. The second-order valence-electron chi connectivity index (χ2n) is 6.32. The third-order valence-corrected chi connectivity index (χ3v) is 4.17. The van der Waals surface area contributed by atoms with E-state index in [2.05, 4.69) is 12.2 Å². The van der Waals surface area contributed by atoms with E-state index >= 15 is 0 Å². The van der Waals surface area contributed by atoms with Gasteiger partial charge in [-0.25, -0.2) is 0 Å². The molecule has 0 spiro atoms. The normalized spacial score (nSPS) is 10.2. The molecule has 1 N–H and O–H groups in total. The van der Waals surface area contributed by atoms with Crippen LogP contribution < -0.4 is 5.32 Å². The molecule has 4 nitrogen and oxygen atoms in total. The van der Waals surface area contributed by atoms with Gasteiger partial charge in [0.2, 0.25) is 6.71 Å². The van der Waals surface area contributed by atoms with Gasteiger partial charge in [0.05, 0.1) is 0 Å². The molecule has 0 aliphatic rings. The molecule has 0 radical (unpaired) electrons. The first-order chi connectivity index (χ1) is 11.6. The summed E-state index contributed by atoms with van der Waals surface area (Å²) >= 11 is 0. The minimum atomic E-state index is -0.849. The van der Waals surface area contributed by atoms with E-state index < -0.39 is 11.7 Å². The van der Waals surface area contributed by atoms with Gasteiger partial charge in [0.15, 0.2) is 5.81 Å². The van der Waals surface area contributed by atoms with Gasteiger partial charge in [-0.3, -0.25) is 19.7 Å². The SMILES string of the molecule is CCCCCCCCCB(C)C(=O)NC(=O)C(=O)c1ccccc1. The average molecular weight is 329 g/mol. The summed E-state index contributed by atoms with van der Waals surface area (Å²) in [6, 6.07) is 8.27. The quantitative estimate of drug-likeness (QED) is 0.280. The first-order valence-electron chi connectivity index (χ1n) is 9.00. The molecule has 1 rings (SSSR count). The highest BCUT2D eigenvalue weighted by Gasteiger charge is 2.23. The highest BCUT2D eigenvalue weighted by molar-refractivity contribution is 6.89. The van der Waals surface area contributed by atoms with Crippen LogP contribution in [-0.4, -0.2) is 24.2 Å². The van der Waals surface area contributed by atoms with Crippen LogP contribution in [0.15, 0.2) is 30.3 Å². The molecule has 0 aliphatic carbocycles. The predicted molar refractivity (Wildman–Crippen MR) is 98.7 cm³/mol. The minimum absolute atomic E-state index is 0.256. The molecule has 0 heterocycles. The Kier molecular flexibility index (Phi) is 9.74. The number of hydrogen-bond acceptors (Lipinski definition) is 3. The van der Waals surface area contributed by atoms with Crippen molar-refractivity contribution >= 4 is 24.2 Å². The Morgan fingerprint density at radius 3 is 2.12 bits per heavy atom. The van der Waals surface area contributed by atoms with Crippen LogP contribution in [0.25, 0.3) is 0 Å². The van der Waals surface area contributed by atoms with Crippen molar-refractivity contribution in [3.05, 3.63) is 35.9 Å². The number of nitrogens with one attached hydrogen (secondary N) is 1. The number of carbonyl (C=O) groups is 3. The van der Waals surface area contributed by atoms with Crippen molar-refractivity contribution in [3.8, 4) is 0 Å². The summed E-state index contributed by atoms with van der Waals surface area (Å²) in [5.74, 6) is -1.89. The van der Waals surface area contributed by atoms with Gasteiger partial charge in [-0.1, -0.05) is 95.3 Å². The summed E-state index contributed by atoms with van der Waals surface area (Å²) in [7, 11) is 0. The lowest BCUT2D eigenvalue weighted by Crippen LogP contribution is -2.42. The van der Waals surface area contributed by atoms with Crippen LogP contribution in [0, 0.1) is 0 Å². The Balaban J connectivity index is 2.26. The molecule has 0 aliphatic heterocycles. The fraction of sp³-hybridized carbons (Fsp3) is 0.526. The lowest BCUT2D eigenvalue weighted by atomic mass is 9.48. The van der Waals surface area contributed by atoms with E-state index in [1.165, 1.54) is 32.1 Å². The highest BCUT2D eigenvalue weighted by atomic mass is 16.2. The van der Waals surface area contributed by atoms with Crippen molar-refractivity contribution in [2.75, 3.05) is 0 Å². The standard InChI is InChI=1S/C19H28BNO3/c1-3-4-5-6-7-8-12-15-20(2)19(24)21-18(23)17(22)16-13-10-9-11-14-16/h9-11,13-14H,3-8,12,15H2,1-2H3,(H,21,23,24). The molecule has 1 aromatic carbocycles. The molecule has 0 atom stereocenters. The molecule has 0 saturated heterocycles. The first kappa shape index (κ1) is 20.1. The molecular weight excluding hydrogens is 301 g/mol. The smallest absolute Gasteiger partial charge is 0.298 e. The van der Waals surface area contributed by atoms with E-state index in [-0.39, 0.29) is 12.5 Å². The van der Waals surface area contributed by atoms with Crippen LogP contribution in [0.4, 0.5) is 4.79 Å². The molecule has 2 amide bonds. The van der Waals surface area contributed by atoms with Gasteiger partial charge in [-0.2, -0.15) is 0 Å². The summed E-state index contributed by atoms with van der Waals surface area (Å²) in [5.41, 5.74) is 0.294. The van der Waals surface area contributed by atoms with Gasteiger partial charge in [0.1, 0.15) is 0 Å². The van der Waals surface area contributed by atoms with Crippen LogP contribution in [0.5, 0.6) is 0 Å². The maximum atomic E-state index is 12.0. The number of Topliss-reactive ketones (excluding diaryl/α,β-unsaturated/α-hetero) is 1. The largest absolute Gasteiger partial charge is 0.298 e. The summed E-state index contributed by atoms with van der Waals surface area (Å²) < 4.78 is 0. The van der Waals surface area contributed by atoms with Crippen molar-refractivity contribution in [1.29, 1.82) is 0 Å². The summed E-state index contributed by atoms with van der Waals surface area (Å²) in [6.07, 6.45) is 9.08. The Hall–Kier alpha value is -1.91. The molecule has 0 unspecified atom stereocenters. The molecule has 0 aromatic heterocycles. The Morgan fingerprint density at radius 1 is 0.917 bits per heavy atom. The van der Waals surface area contributed by atoms with Crippen LogP contribution in [0.1, 0.15) is 62.2 Å². The lowest BCUT2D eigenvalue weighted by molar-refractivity contribution is -0.115. The predicted octanol–water partition coefficient (Wildman–Crippen LogP) is 4.56. The molecule has 0 fully saturated rings. The number of unbranched alkanes of at least 4 members (excludes halogenated alkanes) is 6. The van der Waals surface area contributed by atoms with Gasteiger partial charge < -0.3 is 0 Å². The van der Waals surface area contributed by atoms with Crippen molar-refractivity contribution in [1.82, 2.24) is 5.32 Å². The average Bonchev–Trinajstić information content (AvgIpc) is 2.60. The number of benzene rings is 1. The van der Waals surface area contributed by atoms with Crippen LogP contribution in [-0.2, 0) is 4.79 Å². The first-order valence-corrected chi connectivity index (χ1v) is 9.00. The topological polar surface area (TPSA) is 63.2 Å². The fourth-order valence-electron chi connectivity index (χ4n) is 2.55. The third-order valence-electron chi connectivity index (χ3n) is 4.17. The van der Waals surface area contributed by atoms with E-state index in [0.29, 0.717) is 5.56 Å². The maximum absolute atomic E-state index is 12.0. The maximum Gasteiger partial charge on any atom is 0.298 e. The fourth-order valence-corrected chi connectivity index (χ4v) is 2.55. The molecule has 130 valence electrons. The van der Waals surface area contributed by atoms with E-state index in [9.17, 15) is 14.4 Å². The molecule has 0 bridgehead atoms. The van der Waals surface area contributed by atoms with Gasteiger partial charge in [0, 0.05) is 5.56 Å². The van der Waals surface area contributed by atoms with Gasteiger partial charge in [0.25, 0.3) is 11.7 Å². The molecular formula is C19H28BNO3. The van der Waals surface area contributed by atoms with E-state index in [1.54, 1.807) is 37.2 Å². The Bertz CT molecular complexity index is 531. The van der Waals surface area contributed by atoms with Crippen molar-refractivity contribution < 1.29 is 14.4 Å². The molecule has 0 saturated carbocycles. The zero-order valence-corrected chi connectivity index (χ0v) is 14.8. The molecule has 24 heavy (non-hydrogen) atoms. The monoisotopic (exact) mass is 329 g/mol. The second-order valence-corrected chi connectivity index (χ2v) is 6.32. The number of hydrogen-bond donors (Lipinski definition) is 1. The van der Waals surface area contributed by atoms with E-state index in [1.807, 2.05) is 0 Å². The molecule has 5 heteroatoms. The number of ketones is 1. The minimum Gasteiger partial charge on any atom is -0.298 e. The zero-order valence-electron chi connectivity index (χ0n) is 14.8. The lowest BCUT2D eigenvalue weighted by Gasteiger charge is -2.08. The number of carbonyl (C=O) groups excluding carboxylic acids is 3. The van der Waals surface area contributed by atoms with E-state index in [4.69, 9.17) is 0 Å². The van der Waals surface area contributed by atoms with Gasteiger partial charge in [-0.05, 0) is 0 Å². The Morgan fingerprint density at radius 2 is 1.50 bits per heavy atom. The highest BCUT2D eigenvalue weighted by Crippen LogP contribution is 2.10. The van der Waals surface area contributed by atoms with Crippen molar-refractivity contribution in [2.24, 2.45) is 0 Å². The number of amides is 2. The summed E-state index contributed by atoms with van der Waals surface area (Å²) in [4.78, 5) is 35.8. The Labute approximate surface area is 145 Å². The van der Waals surface area contributed by atoms with Gasteiger partial charge in [-0.15, -0.1) is 0 Å². The number of imide groups is 1. The zero-order chi connectivity index (χ0) is 17.8. The van der Waals surface area contributed by atoms with E-state index in [0.717, 1.165) is 19.2 Å². The summed E-state index contributed by atoms with van der Waals surface area (Å²) in [5, 5.41) is 2.22. The molecule has 1 aromatic rings. The van der Waals surface area contributed by atoms with Gasteiger partial charge >= 0.3 is 0 Å². The van der Waals surface area contributed by atoms with Crippen molar-refractivity contribution in [3.63, 3.8) is 0 Å². The summed E-state index contributed by atoms with van der Waals surface area (Å²) in [6.45, 7) is 3.74. The van der Waals surface area contributed by atoms with Crippen molar-refractivity contribution in [2.45, 2.75) is 65.0 Å². The van der Waals surface area contributed by atoms with Crippen LogP contribution >= 0.6 is 0 Å². The van der Waals surface area contributed by atoms with Crippen LogP contribution in [0.2, 0.25) is 13.1 Å². The number of rotatable bonds is 11. The van der Waals surface area contributed by atoms with Crippen LogP contribution in [0.3, 0.4) is 0 Å².